The fourth-order valence-electron chi connectivity index (χ4n) is 2.54. The molecule has 0 aromatic rings. The smallest absolute Gasteiger partial charge is 0.312 e. The Balaban J connectivity index is 3.55. The Morgan fingerprint density at radius 1 is 1.00 bits per heavy atom. The predicted octanol–water partition coefficient (Wildman–Crippen LogP) is 4.50. The molecule has 5 heteroatoms. The normalized spacial score (nSPS) is 13.0. The lowest BCUT2D eigenvalue weighted by atomic mass is 9.97. The predicted molar refractivity (Wildman–Crippen MR) is 111 cm³/mol. The van der Waals surface area contributed by atoms with Gasteiger partial charge in [-0.1, -0.05) is 64.7 Å². The number of unbranched alkanes of at least 4 members (excludes halogenated alkanes) is 9. The topological polar surface area (TPSA) is 78.3 Å². The summed E-state index contributed by atoms with van der Waals surface area (Å²) in [7, 11) is 0. The summed E-state index contributed by atoms with van der Waals surface area (Å²) in [6.07, 6.45) is 12.9. The van der Waals surface area contributed by atoms with Gasteiger partial charge in [0, 0.05) is 24.1 Å². The van der Waals surface area contributed by atoms with Gasteiger partial charge in [0.05, 0.1) is 12.0 Å². The molecule has 0 saturated carbocycles. The third-order valence-electron chi connectivity index (χ3n) is 4.38. The molecule has 4 nitrogen and oxygen atoms in total. The van der Waals surface area contributed by atoms with Crippen LogP contribution in [0.2, 0.25) is 0 Å². The standard InChI is InChI=1S/C20H42N2O2S/c1-4-5-6-7-8-9-10-11-12-13-14-24-19(23)20(2,3)17-25-16-18(22)15-21/h18H,4-17,21-22H2,1-3H3. The molecule has 0 fully saturated rings. The van der Waals surface area contributed by atoms with Crippen molar-refractivity contribution >= 4 is 17.7 Å². The van der Waals surface area contributed by atoms with Crippen LogP contribution in [0.15, 0.2) is 0 Å². The number of esters is 1. The molecular formula is C20H42N2O2S. The molecule has 0 aromatic carbocycles. The van der Waals surface area contributed by atoms with Crippen molar-refractivity contribution in [2.24, 2.45) is 16.9 Å². The van der Waals surface area contributed by atoms with E-state index >= 15 is 0 Å². The Morgan fingerprint density at radius 3 is 2.04 bits per heavy atom. The fourth-order valence-corrected chi connectivity index (χ4v) is 3.73. The summed E-state index contributed by atoms with van der Waals surface area (Å²) >= 11 is 1.68. The molecule has 0 amide bonds. The first-order valence-electron chi connectivity index (χ1n) is 10.1. The minimum Gasteiger partial charge on any atom is -0.465 e. The Morgan fingerprint density at radius 2 is 1.52 bits per heavy atom. The number of hydrogen-bond donors (Lipinski definition) is 2. The van der Waals surface area contributed by atoms with Gasteiger partial charge in [0.25, 0.3) is 0 Å². The van der Waals surface area contributed by atoms with Gasteiger partial charge in [-0.25, -0.2) is 0 Å². The van der Waals surface area contributed by atoms with E-state index in [0.29, 0.717) is 13.2 Å². The van der Waals surface area contributed by atoms with Gasteiger partial charge in [-0.3, -0.25) is 4.79 Å². The van der Waals surface area contributed by atoms with E-state index < -0.39 is 5.41 Å². The summed E-state index contributed by atoms with van der Waals surface area (Å²) in [5, 5.41) is 0. The van der Waals surface area contributed by atoms with E-state index in [0.717, 1.165) is 24.3 Å². The SMILES string of the molecule is CCCCCCCCCCCCOC(=O)C(C)(C)CSCC(N)CN. The minimum atomic E-state index is -0.461. The molecule has 0 saturated heterocycles. The van der Waals surface area contributed by atoms with Gasteiger partial charge in [0.15, 0.2) is 0 Å². The summed E-state index contributed by atoms with van der Waals surface area (Å²) in [5.41, 5.74) is 10.8. The molecule has 25 heavy (non-hydrogen) atoms. The lowest BCUT2D eigenvalue weighted by molar-refractivity contribution is -0.152. The van der Waals surface area contributed by atoms with Crippen molar-refractivity contribution in [3.8, 4) is 0 Å². The lowest BCUT2D eigenvalue weighted by Crippen LogP contribution is -2.34. The average molecular weight is 375 g/mol. The van der Waals surface area contributed by atoms with Crippen LogP contribution in [0.1, 0.15) is 85.0 Å². The van der Waals surface area contributed by atoms with Crippen molar-refractivity contribution in [2.75, 3.05) is 24.7 Å². The Bertz CT molecular complexity index is 325. The molecule has 0 aliphatic heterocycles. The third-order valence-corrected chi connectivity index (χ3v) is 5.97. The van der Waals surface area contributed by atoms with Gasteiger partial charge in [-0.05, 0) is 20.3 Å². The third kappa shape index (κ3) is 14.6. The highest BCUT2D eigenvalue weighted by Crippen LogP contribution is 2.24. The first kappa shape index (κ1) is 24.7. The van der Waals surface area contributed by atoms with Crippen molar-refractivity contribution in [3.63, 3.8) is 0 Å². The molecule has 0 rings (SSSR count). The molecule has 0 bridgehead atoms. The molecule has 0 aliphatic rings. The van der Waals surface area contributed by atoms with Crippen LogP contribution in [0.25, 0.3) is 0 Å². The Kier molecular flexibility index (Phi) is 15.8. The molecular weight excluding hydrogens is 332 g/mol. The number of ether oxygens (including phenoxy) is 1. The fraction of sp³-hybridized carbons (Fsp3) is 0.950. The average Bonchev–Trinajstić information content (AvgIpc) is 2.59. The highest BCUT2D eigenvalue weighted by atomic mass is 32.2. The van der Waals surface area contributed by atoms with E-state index in [9.17, 15) is 4.79 Å². The van der Waals surface area contributed by atoms with Crippen LogP contribution in [0.4, 0.5) is 0 Å². The summed E-state index contributed by atoms with van der Waals surface area (Å²) in [6, 6.07) is 0.00321. The molecule has 1 atom stereocenters. The van der Waals surface area contributed by atoms with Crippen molar-refractivity contribution in [3.05, 3.63) is 0 Å². The number of nitrogens with two attached hydrogens (primary N) is 2. The van der Waals surface area contributed by atoms with E-state index in [1.807, 2.05) is 13.8 Å². The van der Waals surface area contributed by atoms with Gasteiger partial charge < -0.3 is 16.2 Å². The van der Waals surface area contributed by atoms with Gasteiger partial charge in [-0.15, -0.1) is 0 Å². The monoisotopic (exact) mass is 374 g/mol. The molecule has 0 spiro atoms. The molecule has 0 aliphatic carbocycles. The van der Waals surface area contributed by atoms with E-state index in [2.05, 4.69) is 6.92 Å². The zero-order valence-electron chi connectivity index (χ0n) is 16.9. The van der Waals surface area contributed by atoms with Crippen LogP contribution in [-0.2, 0) is 9.53 Å². The van der Waals surface area contributed by atoms with Crippen LogP contribution in [0, 0.1) is 5.41 Å². The summed E-state index contributed by atoms with van der Waals surface area (Å²) in [4.78, 5) is 12.2. The lowest BCUT2D eigenvalue weighted by Gasteiger charge is -2.22. The maximum absolute atomic E-state index is 12.2. The molecule has 0 aromatic heterocycles. The Labute approximate surface area is 160 Å². The van der Waals surface area contributed by atoms with Crippen molar-refractivity contribution in [2.45, 2.75) is 91.0 Å². The van der Waals surface area contributed by atoms with Crippen LogP contribution < -0.4 is 11.5 Å². The van der Waals surface area contributed by atoms with Gasteiger partial charge in [-0.2, -0.15) is 11.8 Å². The van der Waals surface area contributed by atoms with E-state index in [1.54, 1.807) is 11.8 Å². The van der Waals surface area contributed by atoms with Crippen molar-refractivity contribution < 1.29 is 9.53 Å². The van der Waals surface area contributed by atoms with E-state index in [4.69, 9.17) is 16.2 Å². The van der Waals surface area contributed by atoms with Crippen LogP contribution in [-0.4, -0.2) is 36.7 Å². The number of rotatable bonds is 17. The number of carbonyl (C=O) groups is 1. The van der Waals surface area contributed by atoms with Crippen LogP contribution >= 0.6 is 11.8 Å². The second kappa shape index (κ2) is 16.0. The Hall–Kier alpha value is -0.260. The molecule has 4 N–H and O–H groups in total. The highest BCUT2D eigenvalue weighted by molar-refractivity contribution is 7.99. The van der Waals surface area contributed by atoms with E-state index in [-0.39, 0.29) is 12.0 Å². The second-order valence-electron chi connectivity index (χ2n) is 7.71. The molecule has 0 heterocycles. The van der Waals surface area contributed by atoms with Crippen molar-refractivity contribution in [1.82, 2.24) is 0 Å². The number of hydrogen-bond acceptors (Lipinski definition) is 5. The quantitative estimate of drug-likeness (QED) is 0.289. The highest BCUT2D eigenvalue weighted by Gasteiger charge is 2.29. The van der Waals surface area contributed by atoms with Crippen LogP contribution in [0.5, 0.6) is 0 Å². The number of carbonyl (C=O) groups excluding carboxylic acids is 1. The summed E-state index contributed by atoms with van der Waals surface area (Å²) in [5.74, 6) is 1.40. The molecule has 150 valence electrons. The zero-order valence-corrected chi connectivity index (χ0v) is 17.7. The zero-order chi connectivity index (χ0) is 19.0. The summed E-state index contributed by atoms with van der Waals surface area (Å²) < 4.78 is 5.45. The first-order chi connectivity index (χ1) is 11.9. The first-order valence-corrected chi connectivity index (χ1v) is 11.3. The molecule has 0 radical (unpaired) electrons. The maximum atomic E-state index is 12.2. The number of thioether (sulfide) groups is 1. The second-order valence-corrected chi connectivity index (χ2v) is 8.74. The minimum absolute atomic E-state index is 0.00321. The van der Waals surface area contributed by atoms with Crippen LogP contribution in [0.3, 0.4) is 0 Å². The maximum Gasteiger partial charge on any atom is 0.312 e. The van der Waals surface area contributed by atoms with Gasteiger partial charge in [0.1, 0.15) is 0 Å². The molecule has 1 unspecified atom stereocenters. The van der Waals surface area contributed by atoms with E-state index in [1.165, 1.54) is 51.4 Å². The van der Waals surface area contributed by atoms with Crippen molar-refractivity contribution in [1.29, 1.82) is 0 Å². The van der Waals surface area contributed by atoms with Gasteiger partial charge >= 0.3 is 5.97 Å². The summed E-state index contributed by atoms with van der Waals surface area (Å²) in [6.45, 7) is 7.16. The largest absolute Gasteiger partial charge is 0.465 e. The van der Waals surface area contributed by atoms with Gasteiger partial charge in [0.2, 0.25) is 0 Å².